The quantitative estimate of drug-likeness (QED) is 0.425. The van der Waals surface area contributed by atoms with Crippen LogP contribution in [0.3, 0.4) is 0 Å². The van der Waals surface area contributed by atoms with Gasteiger partial charge in [-0.2, -0.15) is 4.31 Å². The van der Waals surface area contributed by atoms with E-state index < -0.39 is 27.9 Å². The van der Waals surface area contributed by atoms with Crippen molar-refractivity contribution in [2.75, 3.05) is 33.4 Å². The first kappa shape index (κ1) is 21.4. The molecule has 2 aliphatic rings. The second-order valence-corrected chi connectivity index (χ2v) is 8.81. The number of hydrazine groups is 1. The van der Waals surface area contributed by atoms with Crippen molar-refractivity contribution in [3.05, 3.63) is 29.8 Å². The smallest absolute Gasteiger partial charge is 0.265 e. The minimum absolute atomic E-state index is 0.0597. The number of hydrogen-bond donors (Lipinski definition) is 2. The van der Waals surface area contributed by atoms with Gasteiger partial charge in [0.2, 0.25) is 21.8 Å². The molecule has 1 atom stereocenters. The number of imide groups is 1. The first-order chi connectivity index (χ1) is 13.8. The summed E-state index contributed by atoms with van der Waals surface area (Å²) in [5.74, 6) is -1.31. The maximum absolute atomic E-state index is 12.5. The lowest BCUT2D eigenvalue weighted by Gasteiger charge is -2.16. The number of amides is 3. The molecule has 29 heavy (non-hydrogen) atoms. The first-order valence-corrected chi connectivity index (χ1v) is 10.8. The number of sulfonamides is 1. The topological polar surface area (TPSA) is 125 Å². The number of likely N-dealkylation sites (tertiary alicyclic amines) is 1. The van der Waals surface area contributed by atoms with Crippen molar-refractivity contribution in [3.8, 4) is 0 Å². The molecule has 0 spiro atoms. The van der Waals surface area contributed by atoms with Gasteiger partial charge < -0.3 is 4.74 Å². The minimum Gasteiger partial charge on any atom is -0.383 e. The molecule has 0 unspecified atom stereocenters. The van der Waals surface area contributed by atoms with E-state index in [1.165, 1.54) is 35.7 Å². The van der Waals surface area contributed by atoms with E-state index in [4.69, 9.17) is 4.74 Å². The standard InChI is InChI=1S/C18H24N4O6S/c1-28-11-10-22-16(23)12-15(18(22)25)19-20-17(24)13-4-6-14(7-5-13)29(26,27)21-8-2-3-9-21/h4-7,15,19H,2-3,8-12H2,1H3,(H,20,24)/t15-/m1/s1. The lowest BCUT2D eigenvalue weighted by molar-refractivity contribution is -0.139. The first-order valence-electron chi connectivity index (χ1n) is 9.34. The largest absolute Gasteiger partial charge is 0.383 e. The van der Waals surface area contributed by atoms with Crippen LogP contribution in [0, 0.1) is 0 Å². The highest BCUT2D eigenvalue weighted by molar-refractivity contribution is 7.89. The van der Waals surface area contributed by atoms with Gasteiger partial charge in [0.15, 0.2) is 0 Å². The van der Waals surface area contributed by atoms with Crippen LogP contribution in [-0.2, 0) is 24.3 Å². The van der Waals surface area contributed by atoms with E-state index in [0.29, 0.717) is 13.1 Å². The Morgan fingerprint density at radius 1 is 1.17 bits per heavy atom. The molecule has 1 aromatic rings. The lowest BCUT2D eigenvalue weighted by Crippen LogP contribution is -2.48. The van der Waals surface area contributed by atoms with E-state index in [9.17, 15) is 22.8 Å². The maximum atomic E-state index is 12.5. The van der Waals surface area contributed by atoms with Crippen LogP contribution in [0.5, 0.6) is 0 Å². The average Bonchev–Trinajstić information content (AvgIpc) is 3.34. The SMILES string of the molecule is COCCN1C(=O)C[C@@H](NNC(=O)c2ccc(S(=O)(=O)N3CCCC3)cc2)C1=O. The Labute approximate surface area is 169 Å². The summed E-state index contributed by atoms with van der Waals surface area (Å²) in [7, 11) is -2.07. The van der Waals surface area contributed by atoms with Gasteiger partial charge in [-0.05, 0) is 37.1 Å². The van der Waals surface area contributed by atoms with Gasteiger partial charge in [0.1, 0.15) is 6.04 Å². The number of hydrogen-bond acceptors (Lipinski definition) is 7. The fourth-order valence-corrected chi connectivity index (χ4v) is 4.81. The molecule has 0 aliphatic carbocycles. The van der Waals surface area contributed by atoms with E-state index in [1.807, 2.05) is 0 Å². The van der Waals surface area contributed by atoms with Crippen molar-refractivity contribution >= 4 is 27.7 Å². The van der Waals surface area contributed by atoms with Crippen LogP contribution in [0.2, 0.25) is 0 Å². The van der Waals surface area contributed by atoms with E-state index >= 15 is 0 Å². The Hall–Kier alpha value is -2.34. The molecule has 0 radical (unpaired) electrons. The summed E-state index contributed by atoms with van der Waals surface area (Å²) in [5.41, 5.74) is 5.21. The summed E-state index contributed by atoms with van der Waals surface area (Å²) >= 11 is 0. The van der Waals surface area contributed by atoms with Crippen molar-refractivity contribution in [2.45, 2.75) is 30.2 Å². The summed E-state index contributed by atoms with van der Waals surface area (Å²) in [6.45, 7) is 1.41. The van der Waals surface area contributed by atoms with E-state index in [-0.39, 0.29) is 35.9 Å². The molecule has 0 bridgehead atoms. The van der Waals surface area contributed by atoms with Crippen LogP contribution in [0.25, 0.3) is 0 Å². The van der Waals surface area contributed by atoms with Crippen LogP contribution < -0.4 is 10.9 Å². The Balaban J connectivity index is 1.57. The minimum atomic E-state index is -3.55. The van der Waals surface area contributed by atoms with Gasteiger partial charge in [-0.25, -0.2) is 13.8 Å². The van der Waals surface area contributed by atoms with Gasteiger partial charge in [0.25, 0.3) is 5.91 Å². The maximum Gasteiger partial charge on any atom is 0.265 e. The second kappa shape index (κ2) is 8.99. The van der Waals surface area contributed by atoms with E-state index in [2.05, 4.69) is 10.9 Å². The Morgan fingerprint density at radius 2 is 1.83 bits per heavy atom. The zero-order chi connectivity index (χ0) is 21.0. The van der Waals surface area contributed by atoms with Crippen LogP contribution >= 0.6 is 0 Å². The second-order valence-electron chi connectivity index (χ2n) is 6.87. The fourth-order valence-electron chi connectivity index (χ4n) is 3.29. The molecule has 2 aliphatic heterocycles. The summed E-state index contributed by atoms with van der Waals surface area (Å²) in [6, 6.07) is 4.75. The molecule has 3 rings (SSSR count). The van der Waals surface area contributed by atoms with Crippen molar-refractivity contribution in [3.63, 3.8) is 0 Å². The zero-order valence-corrected chi connectivity index (χ0v) is 16.9. The predicted molar refractivity (Wildman–Crippen MR) is 102 cm³/mol. The number of carbonyl (C=O) groups excluding carboxylic acids is 3. The normalized spacial score (nSPS) is 20.4. The van der Waals surface area contributed by atoms with Crippen LogP contribution in [-0.4, -0.2) is 74.7 Å². The lowest BCUT2D eigenvalue weighted by atomic mass is 10.2. The molecule has 2 saturated heterocycles. The average molecular weight is 424 g/mol. The molecule has 0 aromatic heterocycles. The number of carbonyl (C=O) groups is 3. The van der Waals surface area contributed by atoms with Gasteiger partial charge >= 0.3 is 0 Å². The van der Waals surface area contributed by atoms with Gasteiger partial charge in [-0.1, -0.05) is 0 Å². The molecule has 1 aromatic carbocycles. The number of nitrogens with one attached hydrogen (secondary N) is 2. The molecule has 2 heterocycles. The molecule has 2 N–H and O–H groups in total. The molecule has 3 amide bonds. The molecule has 11 heteroatoms. The van der Waals surface area contributed by atoms with Gasteiger partial charge in [0, 0.05) is 25.8 Å². The third kappa shape index (κ3) is 4.64. The van der Waals surface area contributed by atoms with E-state index in [0.717, 1.165) is 17.7 Å². The molecular formula is C18H24N4O6S. The summed E-state index contributed by atoms with van der Waals surface area (Å²) in [6.07, 6.45) is 1.63. The third-order valence-electron chi connectivity index (χ3n) is 4.94. The monoisotopic (exact) mass is 424 g/mol. The molecule has 10 nitrogen and oxygen atoms in total. The number of nitrogens with zero attached hydrogens (tertiary/aromatic N) is 2. The van der Waals surface area contributed by atoms with Crippen molar-refractivity contribution in [1.29, 1.82) is 0 Å². The summed E-state index contributed by atoms with van der Waals surface area (Å²) in [4.78, 5) is 37.6. The van der Waals surface area contributed by atoms with Crippen molar-refractivity contribution < 1.29 is 27.5 Å². The number of methoxy groups -OCH3 is 1. The summed E-state index contributed by atoms with van der Waals surface area (Å²) < 4.78 is 31.3. The Kier molecular flexibility index (Phi) is 6.63. The molecule has 2 fully saturated rings. The van der Waals surface area contributed by atoms with Crippen LogP contribution in [0.1, 0.15) is 29.6 Å². The predicted octanol–water partition coefficient (Wildman–Crippen LogP) is -0.521. The Bertz CT molecular complexity index is 880. The Morgan fingerprint density at radius 3 is 2.45 bits per heavy atom. The zero-order valence-electron chi connectivity index (χ0n) is 16.1. The number of ether oxygens (including phenoxy) is 1. The van der Waals surface area contributed by atoms with Crippen molar-refractivity contribution in [1.82, 2.24) is 20.1 Å². The summed E-state index contributed by atoms with van der Waals surface area (Å²) in [5, 5.41) is 0. The van der Waals surface area contributed by atoms with Crippen LogP contribution in [0.4, 0.5) is 0 Å². The fraction of sp³-hybridized carbons (Fsp3) is 0.500. The van der Waals surface area contributed by atoms with Gasteiger partial charge in [-0.3, -0.25) is 24.7 Å². The van der Waals surface area contributed by atoms with E-state index in [1.54, 1.807) is 0 Å². The highest BCUT2D eigenvalue weighted by Gasteiger charge is 2.38. The number of rotatable bonds is 8. The van der Waals surface area contributed by atoms with Gasteiger partial charge in [-0.15, -0.1) is 0 Å². The van der Waals surface area contributed by atoms with Crippen LogP contribution in [0.15, 0.2) is 29.2 Å². The third-order valence-corrected chi connectivity index (χ3v) is 6.86. The molecule has 0 saturated carbocycles. The molecule has 158 valence electrons. The van der Waals surface area contributed by atoms with Crippen molar-refractivity contribution in [2.24, 2.45) is 0 Å². The highest BCUT2D eigenvalue weighted by Crippen LogP contribution is 2.21. The number of benzene rings is 1. The molecular weight excluding hydrogens is 400 g/mol. The van der Waals surface area contributed by atoms with Gasteiger partial charge in [0.05, 0.1) is 24.5 Å². The highest BCUT2D eigenvalue weighted by atomic mass is 32.2.